The molecule has 9 nitrogen and oxygen atoms in total. The van der Waals surface area contributed by atoms with Gasteiger partial charge in [0.25, 0.3) is 0 Å². The smallest absolute Gasteiger partial charge is 0.456 e. The molecule has 2 N–H and O–H groups in total. The van der Waals surface area contributed by atoms with Crippen LogP contribution in [0.2, 0.25) is 0 Å². The third-order valence-corrected chi connectivity index (χ3v) is 13.4. The Balaban J connectivity index is 5.37. The predicted molar refractivity (Wildman–Crippen MR) is 300 cm³/mol. The van der Waals surface area contributed by atoms with E-state index in [0.717, 1.165) is 96.3 Å². The molecule has 0 heterocycles. The maximum atomic E-state index is 13.5. The number of amides is 1. The van der Waals surface area contributed by atoms with Crippen LogP contribution < -0.4 is 5.32 Å². The van der Waals surface area contributed by atoms with Crippen molar-refractivity contribution in [1.82, 2.24) is 5.32 Å². The minimum atomic E-state index is -4.45. The van der Waals surface area contributed by atoms with Crippen molar-refractivity contribution >= 4 is 19.7 Å². The summed E-state index contributed by atoms with van der Waals surface area (Å²) < 4.78 is 30.6. The van der Waals surface area contributed by atoms with Gasteiger partial charge in [-0.2, -0.15) is 0 Å². The summed E-state index contributed by atoms with van der Waals surface area (Å²) in [6.07, 6.45) is 63.3. The van der Waals surface area contributed by atoms with Gasteiger partial charge in [0.1, 0.15) is 19.3 Å². The first-order valence-corrected chi connectivity index (χ1v) is 30.3. The normalized spacial score (nSPS) is 14.3. The molecule has 0 aromatic rings. The lowest BCUT2D eigenvalue weighted by atomic mass is 10.1. The first kappa shape index (κ1) is 67.5. The zero-order valence-corrected chi connectivity index (χ0v) is 47.1. The summed E-state index contributed by atoms with van der Waals surface area (Å²) in [6.45, 7) is 6.85. The van der Waals surface area contributed by atoms with Gasteiger partial charge in [0.05, 0.1) is 33.8 Å². The van der Waals surface area contributed by atoms with Gasteiger partial charge in [-0.1, -0.05) is 210 Å². The Bertz CT molecular complexity index is 1430. The molecule has 0 saturated carbocycles. The summed E-state index contributed by atoms with van der Waals surface area (Å²) in [5.74, 6) is -0.548. The van der Waals surface area contributed by atoms with E-state index in [1.807, 2.05) is 33.3 Å². The van der Waals surface area contributed by atoms with Crippen LogP contribution in [0, 0.1) is 0 Å². The molecular formula is C60H110N2O7P+. The zero-order valence-electron chi connectivity index (χ0n) is 46.2. The standard InChI is InChI=1S/C60H109N2O7P/c1-7-10-13-16-19-22-25-27-29-31-33-35-38-41-44-47-50-53-60(64)69-58(51-48-45-42-39-36-24-21-18-15-12-9-3)57(56-68-70(65,66)67-55-54-62(4,5)6)61-59(63)52-49-46-43-40-37-34-32-30-28-26-23-20-17-14-11-8-2/h11,14,20,23,27-30,34,37,48,51,57-58H,7-10,12-13,15-19,21-22,24-26,31-33,35-36,38-47,49-50,52-56H2,1-6H3,(H-,61,63,65,66)/p+1/b14-11+,23-20+,29-27+,30-28+,37-34+,51-48+. The molecule has 0 radical (unpaired) electrons. The van der Waals surface area contributed by atoms with E-state index in [0.29, 0.717) is 23.9 Å². The molecule has 0 aromatic carbocycles. The first-order chi connectivity index (χ1) is 33.9. The maximum absolute atomic E-state index is 13.5. The van der Waals surface area contributed by atoms with Gasteiger partial charge in [0.15, 0.2) is 0 Å². The van der Waals surface area contributed by atoms with Crippen LogP contribution in [0.3, 0.4) is 0 Å². The van der Waals surface area contributed by atoms with Gasteiger partial charge in [-0.25, -0.2) is 4.57 Å². The number of phosphoric ester groups is 1. The van der Waals surface area contributed by atoms with Gasteiger partial charge < -0.3 is 19.4 Å². The fraction of sp³-hybridized carbons (Fsp3) is 0.767. The molecule has 0 aromatic heterocycles. The fourth-order valence-electron chi connectivity index (χ4n) is 7.92. The minimum Gasteiger partial charge on any atom is -0.456 e. The van der Waals surface area contributed by atoms with E-state index in [1.165, 1.54) is 109 Å². The maximum Gasteiger partial charge on any atom is 0.472 e. The topological polar surface area (TPSA) is 111 Å². The molecule has 0 aliphatic carbocycles. The summed E-state index contributed by atoms with van der Waals surface area (Å²) in [7, 11) is 1.46. The van der Waals surface area contributed by atoms with Crippen molar-refractivity contribution in [3.05, 3.63) is 72.9 Å². The molecule has 0 aliphatic rings. The van der Waals surface area contributed by atoms with E-state index in [4.69, 9.17) is 13.8 Å². The number of ether oxygens (including phenoxy) is 1. The number of nitrogens with zero attached hydrogens (tertiary/aromatic N) is 1. The third-order valence-electron chi connectivity index (χ3n) is 12.4. The zero-order chi connectivity index (χ0) is 51.5. The van der Waals surface area contributed by atoms with Crippen LogP contribution in [0.1, 0.15) is 245 Å². The number of quaternary nitrogens is 1. The molecule has 1 amide bonds. The molecule has 10 heteroatoms. The summed E-state index contributed by atoms with van der Waals surface area (Å²) in [5, 5.41) is 3.03. The Hall–Kier alpha value is -2.55. The Morgan fingerprint density at radius 3 is 1.40 bits per heavy atom. The van der Waals surface area contributed by atoms with Crippen molar-refractivity contribution < 1.29 is 37.3 Å². The number of phosphoric acid groups is 1. The van der Waals surface area contributed by atoms with Gasteiger partial charge in [-0.05, 0) is 96.0 Å². The van der Waals surface area contributed by atoms with Crippen LogP contribution in [0.25, 0.3) is 0 Å². The highest BCUT2D eigenvalue weighted by atomic mass is 31.2. The average Bonchev–Trinajstić information content (AvgIpc) is 3.32. The van der Waals surface area contributed by atoms with Crippen molar-refractivity contribution in [3.8, 4) is 0 Å². The quantitative estimate of drug-likeness (QED) is 0.0205. The third kappa shape index (κ3) is 50.4. The number of allylic oxidation sites excluding steroid dienone is 11. The van der Waals surface area contributed by atoms with Gasteiger partial charge in [-0.3, -0.25) is 18.6 Å². The number of rotatable bonds is 51. The molecular weight excluding hydrogens is 892 g/mol. The number of unbranched alkanes of at least 4 members (excludes halogenated alkanes) is 25. The lowest BCUT2D eigenvalue weighted by Crippen LogP contribution is -2.47. The van der Waals surface area contributed by atoms with E-state index in [1.54, 1.807) is 0 Å². The van der Waals surface area contributed by atoms with Crippen LogP contribution in [0.4, 0.5) is 0 Å². The summed E-state index contributed by atoms with van der Waals surface area (Å²) in [6, 6.07) is -0.868. The number of carbonyl (C=O) groups is 2. The highest BCUT2D eigenvalue weighted by molar-refractivity contribution is 7.47. The Kier molecular flexibility index (Phi) is 48.2. The molecule has 0 bridgehead atoms. The summed E-state index contributed by atoms with van der Waals surface area (Å²) >= 11 is 0. The second-order valence-electron chi connectivity index (χ2n) is 20.4. The van der Waals surface area contributed by atoms with Crippen LogP contribution in [0.5, 0.6) is 0 Å². The van der Waals surface area contributed by atoms with E-state index in [9.17, 15) is 19.0 Å². The first-order valence-electron chi connectivity index (χ1n) is 28.8. The minimum absolute atomic E-state index is 0.0307. The summed E-state index contributed by atoms with van der Waals surface area (Å²) in [4.78, 5) is 37.6. The number of carbonyl (C=O) groups excluding carboxylic acids is 2. The second-order valence-corrected chi connectivity index (χ2v) is 21.9. The number of nitrogens with one attached hydrogen (secondary N) is 1. The predicted octanol–water partition coefficient (Wildman–Crippen LogP) is 17.3. The number of hydrogen-bond donors (Lipinski definition) is 2. The van der Waals surface area contributed by atoms with Crippen molar-refractivity contribution in [2.45, 2.75) is 258 Å². The van der Waals surface area contributed by atoms with Crippen LogP contribution >= 0.6 is 7.82 Å². The Labute approximate surface area is 432 Å². The van der Waals surface area contributed by atoms with Gasteiger partial charge >= 0.3 is 13.8 Å². The molecule has 70 heavy (non-hydrogen) atoms. The molecule has 0 fully saturated rings. The number of esters is 1. The number of hydrogen-bond acceptors (Lipinski definition) is 6. The molecule has 3 unspecified atom stereocenters. The lowest BCUT2D eigenvalue weighted by molar-refractivity contribution is -0.870. The monoisotopic (exact) mass is 1000 g/mol. The largest absolute Gasteiger partial charge is 0.472 e. The molecule has 406 valence electrons. The second kappa shape index (κ2) is 50.0. The van der Waals surface area contributed by atoms with Crippen molar-refractivity contribution in [2.24, 2.45) is 0 Å². The highest BCUT2D eigenvalue weighted by Gasteiger charge is 2.30. The Morgan fingerprint density at radius 1 is 0.514 bits per heavy atom. The molecule has 0 spiro atoms. The van der Waals surface area contributed by atoms with E-state index in [2.05, 4.69) is 86.8 Å². The molecule has 0 aliphatic heterocycles. The SMILES string of the molecule is CC/C=C/C/C=C/C/C=C/C/C=C/CCCCCC(=O)NC(COP(=O)(O)OCC[N+](C)(C)C)C(/C=C/CCCCCCCCCCC)OC(=O)CCCCCCCCC/C=C/CCCCCCCC. The van der Waals surface area contributed by atoms with Crippen molar-refractivity contribution in [2.75, 3.05) is 40.9 Å². The molecule has 0 saturated heterocycles. The van der Waals surface area contributed by atoms with Crippen LogP contribution in [-0.2, 0) is 27.9 Å². The van der Waals surface area contributed by atoms with Gasteiger partial charge in [0.2, 0.25) is 5.91 Å². The van der Waals surface area contributed by atoms with Crippen LogP contribution in [-0.4, -0.2) is 74.3 Å². The lowest BCUT2D eigenvalue weighted by Gasteiger charge is -2.27. The van der Waals surface area contributed by atoms with Crippen molar-refractivity contribution in [1.29, 1.82) is 0 Å². The summed E-state index contributed by atoms with van der Waals surface area (Å²) in [5.41, 5.74) is 0. The fourth-order valence-corrected chi connectivity index (χ4v) is 8.66. The van der Waals surface area contributed by atoms with E-state index in [-0.39, 0.29) is 31.5 Å². The van der Waals surface area contributed by atoms with Crippen molar-refractivity contribution in [3.63, 3.8) is 0 Å². The Morgan fingerprint density at radius 2 is 0.914 bits per heavy atom. The average molecular weight is 1000 g/mol. The highest BCUT2D eigenvalue weighted by Crippen LogP contribution is 2.43. The molecule has 3 atom stereocenters. The van der Waals surface area contributed by atoms with E-state index >= 15 is 0 Å². The van der Waals surface area contributed by atoms with Crippen LogP contribution in [0.15, 0.2) is 72.9 Å². The van der Waals surface area contributed by atoms with Gasteiger partial charge in [0, 0.05) is 12.8 Å². The number of likely N-dealkylation sites (N-methyl/N-ethyl adjacent to an activating group) is 1. The van der Waals surface area contributed by atoms with E-state index < -0.39 is 20.0 Å². The molecule has 0 rings (SSSR count). The van der Waals surface area contributed by atoms with Gasteiger partial charge in [-0.15, -0.1) is 0 Å².